The number of methoxy groups -OCH3 is 1. The first-order valence-electron chi connectivity index (χ1n) is 8.87. The molecule has 1 aromatic carbocycles. The quantitative estimate of drug-likeness (QED) is 0.396. The van der Waals surface area contributed by atoms with Gasteiger partial charge in [0.1, 0.15) is 17.1 Å². The van der Waals surface area contributed by atoms with Crippen molar-refractivity contribution in [2.24, 2.45) is 4.36 Å². The molecule has 0 bridgehead atoms. The van der Waals surface area contributed by atoms with Crippen LogP contribution in [0.4, 0.5) is 8.78 Å². The van der Waals surface area contributed by atoms with Crippen LogP contribution in [0.3, 0.4) is 0 Å². The van der Waals surface area contributed by atoms with Gasteiger partial charge in [0.05, 0.1) is 16.8 Å². The SMILES string of the molecule is COc1ccc(S(C)(=O)=NC(=O)c2cn3ccc(-c4noc(C(F)(F)Cl)n4)cc3n2)cc1. The van der Waals surface area contributed by atoms with Gasteiger partial charge in [-0.15, -0.1) is 0 Å². The van der Waals surface area contributed by atoms with E-state index in [0.717, 1.165) is 0 Å². The van der Waals surface area contributed by atoms with Crippen molar-refractivity contribution < 1.29 is 27.0 Å². The maximum atomic E-state index is 13.1. The Kier molecular flexibility index (Phi) is 5.42. The molecular formula is C19H14ClF2N5O4S. The molecule has 0 N–H and O–H groups in total. The standard InChI is InChI=1S/C19H14ClF2N5O4S/c1-30-12-3-5-13(6-4-12)32(2,29)26-17(28)14-10-27-8-7-11(9-15(27)23-14)16-24-18(31-25-16)19(20,21)22/h3-10H,1-2H3. The molecule has 32 heavy (non-hydrogen) atoms. The van der Waals surface area contributed by atoms with E-state index in [0.29, 0.717) is 16.2 Å². The fourth-order valence-electron chi connectivity index (χ4n) is 2.77. The van der Waals surface area contributed by atoms with E-state index in [9.17, 15) is 17.8 Å². The number of imidazole rings is 1. The number of rotatable bonds is 5. The Balaban J connectivity index is 1.65. The Morgan fingerprint density at radius 3 is 2.59 bits per heavy atom. The first kappa shape index (κ1) is 21.8. The lowest BCUT2D eigenvalue weighted by Crippen LogP contribution is -2.04. The zero-order valence-electron chi connectivity index (χ0n) is 16.5. The van der Waals surface area contributed by atoms with Crippen LogP contribution < -0.4 is 4.74 Å². The van der Waals surface area contributed by atoms with Crippen LogP contribution in [0.1, 0.15) is 16.4 Å². The Hall–Kier alpha value is -3.38. The second-order valence-electron chi connectivity index (χ2n) is 6.60. The van der Waals surface area contributed by atoms with Crippen LogP contribution >= 0.6 is 11.6 Å². The number of carbonyl (C=O) groups excluding carboxylic acids is 1. The molecular weight excluding hydrogens is 468 g/mol. The van der Waals surface area contributed by atoms with Crippen molar-refractivity contribution in [2.75, 3.05) is 13.4 Å². The van der Waals surface area contributed by atoms with E-state index < -0.39 is 26.9 Å². The number of carbonyl (C=O) groups is 1. The zero-order valence-corrected chi connectivity index (χ0v) is 18.1. The topological polar surface area (TPSA) is 112 Å². The van der Waals surface area contributed by atoms with Crippen LogP contribution in [0.2, 0.25) is 0 Å². The summed E-state index contributed by atoms with van der Waals surface area (Å²) in [6.45, 7) is 0. The Labute approximate surface area is 185 Å². The van der Waals surface area contributed by atoms with E-state index in [1.54, 1.807) is 24.3 Å². The zero-order chi connectivity index (χ0) is 23.1. The number of amides is 1. The summed E-state index contributed by atoms with van der Waals surface area (Å²) in [7, 11) is -1.52. The molecule has 3 aromatic heterocycles. The van der Waals surface area contributed by atoms with Gasteiger partial charge in [-0.3, -0.25) is 4.79 Å². The maximum Gasteiger partial charge on any atom is 0.400 e. The van der Waals surface area contributed by atoms with E-state index in [1.807, 2.05) is 0 Å². The molecule has 0 saturated heterocycles. The van der Waals surface area contributed by atoms with Crippen molar-refractivity contribution in [3.05, 3.63) is 60.4 Å². The highest BCUT2D eigenvalue weighted by Crippen LogP contribution is 2.32. The normalized spacial score (nSPS) is 13.7. The summed E-state index contributed by atoms with van der Waals surface area (Å²) in [6, 6.07) is 9.35. The fraction of sp³-hybridized carbons (Fsp3) is 0.158. The van der Waals surface area contributed by atoms with E-state index in [2.05, 4.69) is 24.0 Å². The van der Waals surface area contributed by atoms with Crippen LogP contribution in [0.15, 0.2) is 62.6 Å². The first-order chi connectivity index (χ1) is 15.1. The highest BCUT2D eigenvalue weighted by Gasteiger charge is 2.35. The first-order valence-corrected chi connectivity index (χ1v) is 11.2. The predicted octanol–water partition coefficient (Wildman–Crippen LogP) is 3.98. The molecule has 4 aromatic rings. The summed E-state index contributed by atoms with van der Waals surface area (Å²) in [4.78, 5) is 20.7. The highest BCUT2D eigenvalue weighted by molar-refractivity contribution is 7.93. The molecule has 166 valence electrons. The van der Waals surface area contributed by atoms with Gasteiger partial charge in [-0.05, 0) is 48.0 Å². The van der Waals surface area contributed by atoms with Gasteiger partial charge in [0.15, 0.2) is 0 Å². The third kappa shape index (κ3) is 4.32. The van der Waals surface area contributed by atoms with Gasteiger partial charge in [-0.1, -0.05) is 5.16 Å². The summed E-state index contributed by atoms with van der Waals surface area (Å²) >= 11 is 4.88. The molecule has 0 aliphatic heterocycles. The number of benzene rings is 1. The number of halogens is 3. The van der Waals surface area contributed by atoms with Crippen LogP contribution in [0.5, 0.6) is 5.75 Å². The molecule has 0 spiro atoms. The van der Waals surface area contributed by atoms with Crippen molar-refractivity contribution in [2.45, 2.75) is 10.3 Å². The Bertz CT molecular complexity index is 1440. The largest absolute Gasteiger partial charge is 0.497 e. The van der Waals surface area contributed by atoms with Crippen molar-refractivity contribution in [3.63, 3.8) is 0 Å². The second kappa shape index (κ2) is 7.95. The molecule has 3 heterocycles. The van der Waals surface area contributed by atoms with Crippen molar-refractivity contribution in [3.8, 4) is 17.1 Å². The molecule has 1 atom stereocenters. The van der Waals surface area contributed by atoms with Gasteiger partial charge in [0.25, 0.3) is 0 Å². The van der Waals surface area contributed by atoms with Crippen molar-refractivity contribution in [1.82, 2.24) is 19.5 Å². The van der Waals surface area contributed by atoms with Crippen molar-refractivity contribution in [1.29, 1.82) is 0 Å². The summed E-state index contributed by atoms with van der Waals surface area (Å²) in [6.07, 6.45) is 4.28. The molecule has 0 saturated carbocycles. The number of fused-ring (bicyclic) bond motifs is 1. The van der Waals surface area contributed by atoms with Gasteiger partial charge >= 0.3 is 17.2 Å². The van der Waals surface area contributed by atoms with E-state index in [4.69, 9.17) is 16.3 Å². The van der Waals surface area contributed by atoms with Crippen LogP contribution in [0, 0.1) is 0 Å². The maximum absolute atomic E-state index is 13.1. The lowest BCUT2D eigenvalue weighted by atomic mass is 10.2. The molecule has 0 radical (unpaired) electrons. The van der Waals surface area contributed by atoms with E-state index in [-0.39, 0.29) is 17.2 Å². The Morgan fingerprint density at radius 1 is 1.25 bits per heavy atom. The molecule has 13 heteroatoms. The van der Waals surface area contributed by atoms with Gasteiger partial charge in [0, 0.05) is 29.1 Å². The predicted molar refractivity (Wildman–Crippen MR) is 110 cm³/mol. The lowest BCUT2D eigenvalue weighted by Gasteiger charge is -2.04. The number of alkyl halides is 3. The number of hydrogen-bond acceptors (Lipinski definition) is 7. The van der Waals surface area contributed by atoms with E-state index in [1.165, 1.54) is 42.3 Å². The van der Waals surface area contributed by atoms with Crippen LogP contribution in [-0.4, -0.2) is 43.0 Å². The molecule has 9 nitrogen and oxygen atoms in total. The van der Waals surface area contributed by atoms with Gasteiger partial charge in [-0.25, -0.2) is 9.19 Å². The van der Waals surface area contributed by atoms with Gasteiger partial charge in [0.2, 0.25) is 5.82 Å². The van der Waals surface area contributed by atoms with Gasteiger partial charge < -0.3 is 13.7 Å². The molecule has 0 fully saturated rings. The molecule has 4 rings (SSSR count). The summed E-state index contributed by atoms with van der Waals surface area (Å²) in [5.41, 5.74) is 0.552. The van der Waals surface area contributed by atoms with E-state index >= 15 is 0 Å². The fourth-order valence-corrected chi connectivity index (χ4v) is 4.00. The number of nitrogens with zero attached hydrogens (tertiary/aromatic N) is 5. The minimum Gasteiger partial charge on any atom is -0.497 e. The monoisotopic (exact) mass is 481 g/mol. The summed E-state index contributed by atoms with van der Waals surface area (Å²) < 4.78 is 54.0. The second-order valence-corrected chi connectivity index (χ2v) is 9.34. The molecule has 0 aliphatic rings. The minimum atomic E-state index is -3.79. The van der Waals surface area contributed by atoms with Crippen molar-refractivity contribution >= 4 is 32.9 Å². The molecule has 1 amide bonds. The number of pyridine rings is 1. The number of hydrogen-bond donors (Lipinski definition) is 0. The highest BCUT2D eigenvalue weighted by atomic mass is 35.5. The number of aromatic nitrogens is 4. The average Bonchev–Trinajstić information content (AvgIpc) is 3.40. The molecule has 1 unspecified atom stereocenters. The molecule has 0 aliphatic carbocycles. The number of ether oxygens (including phenoxy) is 1. The third-order valence-electron chi connectivity index (χ3n) is 4.36. The van der Waals surface area contributed by atoms with Crippen LogP contribution in [0.25, 0.3) is 17.0 Å². The summed E-state index contributed by atoms with van der Waals surface area (Å²) in [5.74, 6) is -1.36. The van der Waals surface area contributed by atoms with Gasteiger partial charge in [-0.2, -0.15) is 18.1 Å². The summed E-state index contributed by atoms with van der Waals surface area (Å²) in [5, 5.41) is -0.315. The average molecular weight is 482 g/mol. The third-order valence-corrected chi connectivity index (χ3v) is 6.18. The Morgan fingerprint density at radius 2 is 1.97 bits per heavy atom. The minimum absolute atomic E-state index is 0.0497. The van der Waals surface area contributed by atoms with Crippen LogP contribution in [-0.2, 0) is 15.1 Å². The lowest BCUT2D eigenvalue weighted by molar-refractivity contribution is 0.0551. The smallest absolute Gasteiger partial charge is 0.400 e.